The number of nitrogens with zero attached hydrogens (tertiary/aromatic N) is 2. The number of guanidine groups is 1. The van der Waals surface area contributed by atoms with Crippen LogP contribution in [0.15, 0.2) is 47.5 Å². The lowest BCUT2D eigenvalue weighted by atomic mass is 10.2. The molecule has 164 valence electrons. The van der Waals surface area contributed by atoms with Crippen LogP contribution < -0.4 is 25.0 Å². The normalized spacial score (nSPS) is 16.2. The second-order valence-corrected chi connectivity index (χ2v) is 7.70. The predicted octanol–water partition coefficient (Wildman–Crippen LogP) is 3.23. The molecule has 1 amide bonds. The van der Waals surface area contributed by atoms with Crippen LogP contribution in [0.3, 0.4) is 0 Å². The van der Waals surface area contributed by atoms with Gasteiger partial charge in [0.15, 0.2) is 17.5 Å². The van der Waals surface area contributed by atoms with Gasteiger partial charge in [0, 0.05) is 38.2 Å². The second-order valence-electron chi connectivity index (χ2n) is 7.70. The van der Waals surface area contributed by atoms with Gasteiger partial charge in [0.25, 0.3) is 0 Å². The molecule has 0 radical (unpaired) electrons. The quantitative estimate of drug-likeness (QED) is 0.552. The van der Waals surface area contributed by atoms with Crippen LogP contribution in [0.1, 0.15) is 37.3 Å². The second kappa shape index (κ2) is 10.2. The van der Waals surface area contributed by atoms with Gasteiger partial charge < -0.3 is 25.0 Å². The van der Waals surface area contributed by atoms with Gasteiger partial charge in [0.2, 0.25) is 5.91 Å². The van der Waals surface area contributed by atoms with Crippen LogP contribution in [0, 0.1) is 0 Å². The van der Waals surface area contributed by atoms with Crippen molar-refractivity contribution in [3.63, 3.8) is 0 Å². The molecular formula is C24H30N4O3. The standard InChI is InChI=1S/C24H30N4O3/c1-2-25-24(27-17-19-8-11-21-22(15-19)31-14-4-13-30-21)26-16-18-6-9-20(10-7-18)28-12-3-5-23(28)29/h6-11,15H,2-5,12-14,16-17H2,1H3,(H2,25,26,27). The first-order chi connectivity index (χ1) is 15.2. The number of hydrogen-bond acceptors (Lipinski definition) is 4. The van der Waals surface area contributed by atoms with Crippen molar-refractivity contribution in [3.05, 3.63) is 53.6 Å². The summed E-state index contributed by atoms with van der Waals surface area (Å²) in [5.41, 5.74) is 3.18. The minimum Gasteiger partial charge on any atom is -0.490 e. The molecule has 0 aliphatic carbocycles. The van der Waals surface area contributed by atoms with E-state index in [1.807, 2.05) is 42.2 Å². The molecule has 1 saturated heterocycles. The number of hydrogen-bond donors (Lipinski definition) is 2. The fourth-order valence-electron chi connectivity index (χ4n) is 3.72. The number of carbonyl (C=O) groups excluding carboxylic acids is 1. The van der Waals surface area contributed by atoms with Crippen molar-refractivity contribution in [1.29, 1.82) is 0 Å². The van der Waals surface area contributed by atoms with Gasteiger partial charge in [-0.3, -0.25) is 4.79 Å². The highest BCUT2D eigenvalue weighted by Crippen LogP contribution is 2.30. The van der Waals surface area contributed by atoms with Gasteiger partial charge in [0.05, 0.1) is 19.8 Å². The summed E-state index contributed by atoms with van der Waals surface area (Å²) in [6, 6.07) is 14.1. The Morgan fingerprint density at radius 3 is 2.52 bits per heavy atom. The number of fused-ring (bicyclic) bond motifs is 1. The number of nitrogens with one attached hydrogen (secondary N) is 2. The Hall–Kier alpha value is -3.22. The summed E-state index contributed by atoms with van der Waals surface area (Å²) in [5.74, 6) is 2.56. The van der Waals surface area contributed by atoms with E-state index in [1.54, 1.807) is 0 Å². The van der Waals surface area contributed by atoms with E-state index in [-0.39, 0.29) is 5.91 Å². The lowest BCUT2D eigenvalue weighted by Gasteiger charge is -2.16. The molecule has 2 N–H and O–H groups in total. The number of aliphatic imine (C=N–C) groups is 1. The maximum Gasteiger partial charge on any atom is 0.227 e. The van der Waals surface area contributed by atoms with Crippen LogP contribution in [-0.2, 0) is 17.9 Å². The summed E-state index contributed by atoms with van der Waals surface area (Å²) in [6.07, 6.45) is 2.48. The molecule has 2 aromatic carbocycles. The van der Waals surface area contributed by atoms with Gasteiger partial charge in [-0.25, -0.2) is 4.99 Å². The summed E-state index contributed by atoms with van der Waals surface area (Å²) in [7, 11) is 0. The molecule has 0 saturated carbocycles. The largest absolute Gasteiger partial charge is 0.490 e. The van der Waals surface area contributed by atoms with Gasteiger partial charge in [-0.1, -0.05) is 18.2 Å². The van der Waals surface area contributed by atoms with E-state index in [9.17, 15) is 4.79 Å². The molecule has 7 heteroatoms. The predicted molar refractivity (Wildman–Crippen MR) is 122 cm³/mol. The Balaban J connectivity index is 1.36. The third kappa shape index (κ3) is 5.48. The van der Waals surface area contributed by atoms with E-state index in [1.165, 1.54) is 0 Å². The van der Waals surface area contributed by atoms with Crippen LogP contribution in [0.2, 0.25) is 0 Å². The van der Waals surface area contributed by atoms with Crippen molar-refractivity contribution >= 4 is 17.6 Å². The van der Waals surface area contributed by atoms with Crippen molar-refractivity contribution in [2.45, 2.75) is 39.3 Å². The summed E-state index contributed by atoms with van der Waals surface area (Å²) >= 11 is 0. The molecule has 0 bridgehead atoms. The Morgan fingerprint density at radius 2 is 1.77 bits per heavy atom. The fourth-order valence-corrected chi connectivity index (χ4v) is 3.72. The van der Waals surface area contributed by atoms with Gasteiger partial charge in [-0.05, 0) is 48.7 Å². The van der Waals surface area contributed by atoms with Crippen LogP contribution in [0.4, 0.5) is 5.69 Å². The molecule has 0 unspecified atom stereocenters. The monoisotopic (exact) mass is 422 g/mol. The fraction of sp³-hybridized carbons (Fsp3) is 0.417. The number of anilines is 1. The van der Waals surface area contributed by atoms with Crippen LogP contribution >= 0.6 is 0 Å². The van der Waals surface area contributed by atoms with E-state index in [2.05, 4.69) is 22.8 Å². The molecule has 31 heavy (non-hydrogen) atoms. The molecule has 0 spiro atoms. The van der Waals surface area contributed by atoms with Crippen LogP contribution in [-0.4, -0.2) is 38.2 Å². The zero-order valence-electron chi connectivity index (χ0n) is 18.0. The summed E-state index contributed by atoms with van der Waals surface area (Å²) in [5, 5.41) is 6.67. The first-order valence-corrected chi connectivity index (χ1v) is 11.0. The summed E-state index contributed by atoms with van der Waals surface area (Å²) in [4.78, 5) is 18.5. The minimum absolute atomic E-state index is 0.210. The Bertz CT molecular complexity index is 927. The molecule has 2 aliphatic heterocycles. The van der Waals surface area contributed by atoms with Crippen molar-refractivity contribution in [2.24, 2.45) is 4.99 Å². The Kier molecular flexibility index (Phi) is 6.92. The van der Waals surface area contributed by atoms with E-state index >= 15 is 0 Å². The molecule has 1 fully saturated rings. The SMILES string of the molecule is CCNC(=NCc1ccc2c(c1)OCCCO2)NCc1ccc(N2CCCC2=O)cc1. The first kappa shape index (κ1) is 21.0. The highest BCUT2D eigenvalue weighted by molar-refractivity contribution is 5.95. The van der Waals surface area contributed by atoms with Crippen LogP contribution in [0.25, 0.3) is 0 Å². The first-order valence-electron chi connectivity index (χ1n) is 11.0. The van der Waals surface area contributed by atoms with Crippen molar-refractivity contribution < 1.29 is 14.3 Å². The zero-order chi connectivity index (χ0) is 21.5. The molecule has 2 heterocycles. The number of benzene rings is 2. The highest BCUT2D eigenvalue weighted by atomic mass is 16.5. The molecule has 2 aliphatic rings. The smallest absolute Gasteiger partial charge is 0.227 e. The molecule has 7 nitrogen and oxygen atoms in total. The maximum atomic E-state index is 11.9. The average molecular weight is 423 g/mol. The lowest BCUT2D eigenvalue weighted by Crippen LogP contribution is -2.36. The van der Waals surface area contributed by atoms with E-state index < -0.39 is 0 Å². The number of ether oxygens (including phenoxy) is 2. The number of amides is 1. The number of rotatable bonds is 6. The van der Waals surface area contributed by atoms with E-state index in [0.717, 1.165) is 60.2 Å². The minimum atomic E-state index is 0.210. The average Bonchev–Trinajstić information content (AvgIpc) is 3.08. The van der Waals surface area contributed by atoms with E-state index in [0.29, 0.717) is 32.7 Å². The van der Waals surface area contributed by atoms with Crippen molar-refractivity contribution in [1.82, 2.24) is 10.6 Å². The summed E-state index contributed by atoms with van der Waals surface area (Å²) < 4.78 is 11.5. The molecule has 0 aromatic heterocycles. The Labute approximate surface area is 183 Å². The zero-order valence-corrected chi connectivity index (χ0v) is 18.0. The third-order valence-electron chi connectivity index (χ3n) is 5.36. The molecule has 2 aromatic rings. The van der Waals surface area contributed by atoms with Crippen LogP contribution in [0.5, 0.6) is 11.5 Å². The third-order valence-corrected chi connectivity index (χ3v) is 5.36. The van der Waals surface area contributed by atoms with Gasteiger partial charge in [0.1, 0.15) is 0 Å². The van der Waals surface area contributed by atoms with Gasteiger partial charge in [-0.15, -0.1) is 0 Å². The van der Waals surface area contributed by atoms with Crippen molar-refractivity contribution in [3.8, 4) is 11.5 Å². The molecule has 4 rings (SSSR count). The lowest BCUT2D eigenvalue weighted by molar-refractivity contribution is -0.117. The highest BCUT2D eigenvalue weighted by Gasteiger charge is 2.21. The van der Waals surface area contributed by atoms with Crippen molar-refractivity contribution in [2.75, 3.05) is 31.2 Å². The molecule has 0 atom stereocenters. The van der Waals surface area contributed by atoms with Gasteiger partial charge in [-0.2, -0.15) is 0 Å². The maximum absolute atomic E-state index is 11.9. The van der Waals surface area contributed by atoms with E-state index in [4.69, 9.17) is 14.5 Å². The summed E-state index contributed by atoms with van der Waals surface area (Å²) in [6.45, 7) is 6.20. The topological polar surface area (TPSA) is 75.2 Å². The van der Waals surface area contributed by atoms with Gasteiger partial charge >= 0.3 is 0 Å². The Morgan fingerprint density at radius 1 is 1.00 bits per heavy atom. The number of carbonyl (C=O) groups is 1. The molecular weight excluding hydrogens is 392 g/mol.